The Kier molecular flexibility index (Phi) is 8.22. The first-order valence-electron chi connectivity index (χ1n) is 8.96. The normalized spacial score (nSPS) is 11.5. The first-order valence-corrected chi connectivity index (χ1v) is 9.72. The smallest absolute Gasteiger partial charge is 0.416 e. The largest absolute Gasteiger partial charge is 0.497 e. The molecule has 31 heavy (non-hydrogen) atoms. The highest BCUT2D eigenvalue weighted by Gasteiger charge is 2.30. The first kappa shape index (κ1) is 24.0. The molecule has 162 valence electrons. The van der Waals surface area contributed by atoms with Gasteiger partial charge < -0.3 is 9.72 Å². The fourth-order valence-electron chi connectivity index (χ4n) is 2.88. The standard InChI is InChI=1S/C22H17F3N2O2.CH3Cl/c1-3-4-5-12-26-20-19(14-6-8-15(9-7-14)22(23,24)25)17-13-16(29-2)10-11-18(17)27-21(20)28;1-2/h3-13H,1H2,2H3,(H,27,28);1H3/b5-4-,26-12?;. The summed E-state index contributed by atoms with van der Waals surface area (Å²) in [6, 6.07) is 9.68. The summed E-state index contributed by atoms with van der Waals surface area (Å²) in [7, 11) is 1.50. The van der Waals surface area contributed by atoms with E-state index in [4.69, 9.17) is 4.74 Å². The zero-order valence-corrected chi connectivity index (χ0v) is 17.6. The molecule has 8 heteroatoms. The molecule has 1 N–H and O–H groups in total. The SMILES string of the molecule is C=C/C=C\C=Nc1c(-c2ccc(C(F)(F)F)cc2)c2cc(OC)ccc2[nH]c1=O.CCl. The van der Waals surface area contributed by atoms with Crippen molar-refractivity contribution in [3.63, 3.8) is 0 Å². The molecule has 0 saturated heterocycles. The van der Waals surface area contributed by atoms with Gasteiger partial charge in [0.25, 0.3) is 5.56 Å². The van der Waals surface area contributed by atoms with E-state index in [0.717, 1.165) is 12.1 Å². The Morgan fingerprint density at radius 3 is 2.35 bits per heavy atom. The maximum atomic E-state index is 12.9. The van der Waals surface area contributed by atoms with Crippen molar-refractivity contribution in [3.8, 4) is 16.9 Å². The molecular formula is C23H20ClF3N2O2. The molecule has 1 heterocycles. The van der Waals surface area contributed by atoms with Crippen LogP contribution in [0.2, 0.25) is 0 Å². The lowest BCUT2D eigenvalue weighted by Gasteiger charge is -2.13. The second-order valence-corrected chi connectivity index (χ2v) is 6.06. The number of benzene rings is 2. The van der Waals surface area contributed by atoms with Crippen molar-refractivity contribution in [2.45, 2.75) is 6.18 Å². The number of halogens is 4. The van der Waals surface area contributed by atoms with Crippen LogP contribution in [0.15, 0.2) is 77.1 Å². The summed E-state index contributed by atoms with van der Waals surface area (Å²) in [6.45, 7) is 3.55. The molecule has 3 rings (SSSR count). The summed E-state index contributed by atoms with van der Waals surface area (Å²) in [5, 5.41) is 0.601. The predicted molar refractivity (Wildman–Crippen MR) is 121 cm³/mol. The molecule has 2 aromatic carbocycles. The zero-order valence-electron chi connectivity index (χ0n) is 16.8. The third-order valence-corrected chi connectivity index (χ3v) is 4.23. The number of aliphatic imine (C=N–C) groups is 1. The van der Waals surface area contributed by atoms with E-state index < -0.39 is 17.3 Å². The molecule has 0 fully saturated rings. The van der Waals surface area contributed by atoms with Crippen LogP contribution < -0.4 is 10.3 Å². The van der Waals surface area contributed by atoms with E-state index in [1.165, 1.54) is 31.8 Å². The molecule has 0 spiro atoms. The number of nitrogens with one attached hydrogen (secondary N) is 1. The van der Waals surface area contributed by atoms with Gasteiger partial charge in [-0.05, 0) is 42.0 Å². The molecule has 1 aromatic heterocycles. The van der Waals surface area contributed by atoms with E-state index in [1.54, 1.807) is 36.4 Å². The number of nitrogens with zero attached hydrogens (tertiary/aromatic N) is 1. The Morgan fingerprint density at radius 2 is 1.77 bits per heavy atom. The third kappa shape index (κ3) is 5.64. The summed E-state index contributed by atoms with van der Waals surface area (Å²) < 4.78 is 44.1. The van der Waals surface area contributed by atoms with Crippen molar-refractivity contribution >= 4 is 34.4 Å². The Labute approximate surface area is 182 Å². The van der Waals surface area contributed by atoms with E-state index in [2.05, 4.69) is 28.2 Å². The number of H-pyrrole nitrogens is 1. The van der Waals surface area contributed by atoms with Crippen molar-refractivity contribution in [1.82, 2.24) is 4.98 Å². The molecule has 0 amide bonds. The van der Waals surface area contributed by atoms with Crippen molar-refractivity contribution in [2.75, 3.05) is 13.5 Å². The second-order valence-electron chi connectivity index (χ2n) is 6.06. The number of methoxy groups -OCH3 is 1. The minimum atomic E-state index is -4.45. The molecule has 0 radical (unpaired) electrons. The summed E-state index contributed by atoms with van der Waals surface area (Å²) >= 11 is 4.64. The minimum Gasteiger partial charge on any atom is -0.497 e. The number of hydrogen-bond acceptors (Lipinski definition) is 3. The Morgan fingerprint density at radius 1 is 1.10 bits per heavy atom. The lowest BCUT2D eigenvalue weighted by Crippen LogP contribution is -2.08. The van der Waals surface area contributed by atoms with Crippen LogP contribution in [0.1, 0.15) is 5.56 Å². The average Bonchev–Trinajstić information content (AvgIpc) is 2.77. The number of fused-ring (bicyclic) bond motifs is 1. The van der Waals surface area contributed by atoms with Gasteiger partial charge in [0.2, 0.25) is 0 Å². The Balaban J connectivity index is 0.00000166. The molecule has 0 aliphatic rings. The zero-order chi connectivity index (χ0) is 23.0. The molecule has 3 aromatic rings. The monoisotopic (exact) mass is 448 g/mol. The Hall–Kier alpha value is -3.32. The topological polar surface area (TPSA) is 54.4 Å². The summed E-state index contributed by atoms with van der Waals surface area (Å²) in [4.78, 5) is 19.6. The third-order valence-electron chi connectivity index (χ3n) is 4.23. The van der Waals surface area contributed by atoms with Gasteiger partial charge in [0.1, 0.15) is 11.4 Å². The summed E-state index contributed by atoms with van der Waals surface area (Å²) in [6.07, 6.45) is 3.23. The van der Waals surface area contributed by atoms with Crippen molar-refractivity contribution < 1.29 is 17.9 Å². The van der Waals surface area contributed by atoms with Crippen LogP contribution in [0.5, 0.6) is 5.75 Å². The van der Waals surface area contributed by atoms with Gasteiger partial charge in [-0.2, -0.15) is 13.2 Å². The van der Waals surface area contributed by atoms with E-state index >= 15 is 0 Å². The number of aromatic amines is 1. The predicted octanol–water partition coefficient (Wildman–Crippen LogP) is 6.52. The highest BCUT2D eigenvalue weighted by atomic mass is 35.5. The van der Waals surface area contributed by atoms with E-state index in [0.29, 0.717) is 27.8 Å². The van der Waals surface area contributed by atoms with Crippen LogP contribution in [0.3, 0.4) is 0 Å². The number of alkyl halides is 4. The van der Waals surface area contributed by atoms with E-state index in [1.807, 2.05) is 0 Å². The summed E-state index contributed by atoms with van der Waals surface area (Å²) in [5.74, 6) is 0.541. The van der Waals surface area contributed by atoms with Crippen molar-refractivity contribution in [3.05, 3.63) is 83.2 Å². The lowest BCUT2D eigenvalue weighted by atomic mass is 9.98. The molecule has 0 aliphatic carbocycles. The van der Waals surface area contributed by atoms with Gasteiger partial charge in [-0.3, -0.25) is 9.79 Å². The van der Waals surface area contributed by atoms with Gasteiger partial charge in [0, 0.05) is 29.1 Å². The highest BCUT2D eigenvalue weighted by Crippen LogP contribution is 2.37. The van der Waals surface area contributed by atoms with Crippen molar-refractivity contribution in [1.29, 1.82) is 0 Å². The number of allylic oxidation sites excluding steroid dienone is 3. The molecule has 0 unspecified atom stereocenters. The summed E-state index contributed by atoms with van der Waals surface area (Å²) in [5.41, 5.74) is 0.222. The fraction of sp³-hybridized carbons (Fsp3) is 0.130. The van der Waals surface area contributed by atoms with Gasteiger partial charge in [-0.25, -0.2) is 0 Å². The molecule has 0 aliphatic heterocycles. The Bertz CT molecular complexity index is 1160. The van der Waals surface area contributed by atoms with Crippen LogP contribution in [0, 0.1) is 0 Å². The van der Waals surface area contributed by atoms with Crippen LogP contribution in [-0.2, 0) is 6.18 Å². The van der Waals surface area contributed by atoms with Crippen LogP contribution >= 0.6 is 11.6 Å². The maximum absolute atomic E-state index is 12.9. The number of pyridine rings is 1. The number of rotatable bonds is 5. The van der Waals surface area contributed by atoms with Gasteiger partial charge in [0.05, 0.1) is 12.7 Å². The first-order chi connectivity index (χ1) is 14.8. The van der Waals surface area contributed by atoms with Gasteiger partial charge in [-0.1, -0.05) is 30.9 Å². The van der Waals surface area contributed by atoms with Gasteiger partial charge >= 0.3 is 6.18 Å². The number of hydrogen-bond donors (Lipinski definition) is 1. The second kappa shape index (κ2) is 10.6. The quantitative estimate of drug-likeness (QED) is 0.274. The maximum Gasteiger partial charge on any atom is 0.416 e. The van der Waals surface area contributed by atoms with Crippen molar-refractivity contribution in [2.24, 2.45) is 4.99 Å². The molecular weight excluding hydrogens is 429 g/mol. The van der Waals surface area contributed by atoms with Crippen LogP contribution in [-0.4, -0.2) is 24.7 Å². The van der Waals surface area contributed by atoms with E-state index in [-0.39, 0.29) is 5.69 Å². The number of ether oxygens (including phenoxy) is 1. The fourth-order valence-corrected chi connectivity index (χ4v) is 2.88. The van der Waals surface area contributed by atoms with Crippen LogP contribution in [0.25, 0.3) is 22.0 Å². The number of aromatic nitrogens is 1. The van der Waals surface area contributed by atoms with Gasteiger partial charge in [-0.15, -0.1) is 11.6 Å². The highest BCUT2D eigenvalue weighted by molar-refractivity contribution is 6.15. The molecule has 0 saturated carbocycles. The van der Waals surface area contributed by atoms with E-state index in [9.17, 15) is 18.0 Å². The molecule has 4 nitrogen and oxygen atoms in total. The average molecular weight is 449 g/mol. The lowest BCUT2D eigenvalue weighted by molar-refractivity contribution is -0.137. The molecule has 0 atom stereocenters. The van der Waals surface area contributed by atoms with Crippen LogP contribution in [0.4, 0.5) is 18.9 Å². The minimum absolute atomic E-state index is 0.0826. The van der Waals surface area contributed by atoms with Gasteiger partial charge in [0.15, 0.2) is 0 Å². The molecule has 0 bridgehead atoms.